The first-order valence-electron chi connectivity index (χ1n) is 10.8. The zero-order valence-corrected chi connectivity index (χ0v) is 18.5. The topological polar surface area (TPSA) is 89.8 Å². The van der Waals surface area contributed by atoms with E-state index in [1.165, 1.54) is 6.20 Å². The summed E-state index contributed by atoms with van der Waals surface area (Å²) in [5.41, 5.74) is -0.428. The summed E-state index contributed by atoms with van der Waals surface area (Å²) in [7, 11) is 0. The SMILES string of the molecule is CCOC(CC(C)(C)CNc1cc2c(cc1F)c(=O)c(C(=O)O)cn2C1CC1)OCC. The minimum atomic E-state index is -1.30. The van der Waals surface area contributed by atoms with E-state index in [1.54, 1.807) is 10.6 Å². The maximum Gasteiger partial charge on any atom is 0.341 e. The Balaban J connectivity index is 1.88. The van der Waals surface area contributed by atoms with Gasteiger partial charge in [-0.25, -0.2) is 9.18 Å². The third kappa shape index (κ3) is 5.43. The van der Waals surface area contributed by atoms with Gasteiger partial charge in [-0.15, -0.1) is 0 Å². The van der Waals surface area contributed by atoms with E-state index in [9.17, 15) is 19.1 Å². The summed E-state index contributed by atoms with van der Waals surface area (Å²) < 4.78 is 27.9. The first-order valence-corrected chi connectivity index (χ1v) is 10.8. The smallest absolute Gasteiger partial charge is 0.341 e. The molecule has 8 heteroatoms. The molecule has 0 radical (unpaired) electrons. The Labute approximate surface area is 181 Å². The van der Waals surface area contributed by atoms with Crippen LogP contribution < -0.4 is 10.7 Å². The van der Waals surface area contributed by atoms with E-state index in [-0.39, 0.29) is 34.4 Å². The second kappa shape index (κ2) is 9.36. The van der Waals surface area contributed by atoms with E-state index in [1.807, 2.05) is 27.7 Å². The van der Waals surface area contributed by atoms with Crippen molar-refractivity contribution in [2.45, 2.75) is 59.3 Å². The molecule has 0 spiro atoms. The number of rotatable bonds is 11. The normalized spacial score (nSPS) is 14.4. The molecule has 170 valence electrons. The van der Waals surface area contributed by atoms with Crippen molar-refractivity contribution in [2.75, 3.05) is 25.1 Å². The summed E-state index contributed by atoms with van der Waals surface area (Å²) in [6, 6.07) is 2.88. The first kappa shape index (κ1) is 23.2. The molecule has 7 nitrogen and oxygen atoms in total. The number of benzene rings is 1. The van der Waals surface area contributed by atoms with Crippen LogP contribution in [0.15, 0.2) is 23.1 Å². The van der Waals surface area contributed by atoms with Crippen LogP contribution in [-0.2, 0) is 9.47 Å². The Bertz CT molecular complexity index is 1010. The number of fused-ring (bicyclic) bond motifs is 1. The summed E-state index contributed by atoms with van der Waals surface area (Å²) in [6.45, 7) is 9.47. The van der Waals surface area contributed by atoms with Crippen LogP contribution in [-0.4, -0.2) is 41.7 Å². The Hall–Kier alpha value is -2.45. The van der Waals surface area contributed by atoms with E-state index in [2.05, 4.69) is 5.32 Å². The van der Waals surface area contributed by atoms with Gasteiger partial charge in [0.05, 0.1) is 11.2 Å². The molecule has 0 atom stereocenters. The highest BCUT2D eigenvalue weighted by atomic mass is 19.1. The number of nitrogens with one attached hydrogen (secondary N) is 1. The van der Waals surface area contributed by atoms with Crippen LogP contribution in [0, 0.1) is 11.2 Å². The number of aromatic nitrogens is 1. The monoisotopic (exact) mass is 434 g/mol. The Morgan fingerprint density at radius 3 is 2.48 bits per heavy atom. The molecule has 0 bridgehead atoms. The zero-order valence-electron chi connectivity index (χ0n) is 18.5. The molecule has 0 unspecified atom stereocenters. The second-order valence-corrected chi connectivity index (χ2v) is 8.73. The number of carboxylic acid groups (broad SMARTS) is 1. The third-order valence-electron chi connectivity index (χ3n) is 5.47. The van der Waals surface area contributed by atoms with E-state index in [0.29, 0.717) is 31.7 Å². The largest absolute Gasteiger partial charge is 0.477 e. The lowest BCUT2D eigenvalue weighted by Gasteiger charge is -2.30. The molecule has 0 saturated heterocycles. The fourth-order valence-electron chi connectivity index (χ4n) is 3.71. The van der Waals surface area contributed by atoms with E-state index >= 15 is 0 Å². The van der Waals surface area contributed by atoms with Crippen molar-refractivity contribution < 1.29 is 23.8 Å². The number of pyridine rings is 1. The molecule has 31 heavy (non-hydrogen) atoms. The van der Waals surface area contributed by atoms with Crippen molar-refractivity contribution in [3.8, 4) is 0 Å². The number of carboxylic acids is 1. The Kier molecular flexibility index (Phi) is 7.01. The van der Waals surface area contributed by atoms with Gasteiger partial charge in [0.2, 0.25) is 5.43 Å². The van der Waals surface area contributed by atoms with Crippen molar-refractivity contribution in [3.63, 3.8) is 0 Å². The quantitative estimate of drug-likeness (QED) is 0.510. The summed E-state index contributed by atoms with van der Waals surface area (Å²) >= 11 is 0. The van der Waals surface area contributed by atoms with Crippen LogP contribution in [0.4, 0.5) is 10.1 Å². The van der Waals surface area contributed by atoms with Crippen LogP contribution in [0.5, 0.6) is 0 Å². The van der Waals surface area contributed by atoms with Crippen LogP contribution in [0.3, 0.4) is 0 Å². The molecule has 1 saturated carbocycles. The Morgan fingerprint density at radius 2 is 1.94 bits per heavy atom. The minimum absolute atomic E-state index is 0.0851. The van der Waals surface area contributed by atoms with Crippen LogP contribution >= 0.6 is 0 Å². The van der Waals surface area contributed by atoms with E-state index in [4.69, 9.17) is 9.47 Å². The average molecular weight is 435 g/mol. The number of nitrogens with zero attached hydrogens (tertiary/aromatic N) is 1. The highest BCUT2D eigenvalue weighted by Crippen LogP contribution is 2.38. The van der Waals surface area contributed by atoms with E-state index < -0.39 is 17.2 Å². The molecule has 0 amide bonds. The summed E-state index contributed by atoms with van der Waals surface area (Å²) in [5.74, 6) is -1.89. The molecule has 1 aliphatic rings. The van der Waals surface area contributed by atoms with Gasteiger partial charge in [0.25, 0.3) is 0 Å². The number of ether oxygens (including phenoxy) is 2. The molecular formula is C23H31FN2O5. The highest BCUT2D eigenvalue weighted by molar-refractivity contribution is 5.93. The molecule has 3 rings (SSSR count). The van der Waals surface area contributed by atoms with Crippen LogP contribution in [0.25, 0.3) is 10.9 Å². The van der Waals surface area contributed by atoms with Gasteiger partial charge in [-0.05, 0) is 44.2 Å². The molecule has 1 fully saturated rings. The lowest BCUT2D eigenvalue weighted by atomic mass is 9.88. The number of hydrogen-bond donors (Lipinski definition) is 2. The van der Waals surface area contributed by atoms with Crippen molar-refractivity contribution in [1.29, 1.82) is 0 Å². The fraction of sp³-hybridized carbons (Fsp3) is 0.565. The summed E-state index contributed by atoms with van der Waals surface area (Å²) in [6.07, 6.45) is 3.49. The molecule has 1 heterocycles. The molecule has 1 aliphatic carbocycles. The molecule has 2 aromatic rings. The van der Waals surface area contributed by atoms with Gasteiger partial charge in [-0.2, -0.15) is 0 Å². The highest BCUT2D eigenvalue weighted by Gasteiger charge is 2.28. The number of aromatic carboxylic acids is 1. The second-order valence-electron chi connectivity index (χ2n) is 8.73. The summed E-state index contributed by atoms with van der Waals surface area (Å²) in [4.78, 5) is 24.0. The number of anilines is 1. The molecule has 2 N–H and O–H groups in total. The molecule has 0 aliphatic heterocycles. The first-order chi connectivity index (χ1) is 14.7. The number of hydrogen-bond acceptors (Lipinski definition) is 5. The van der Waals surface area contributed by atoms with Crippen molar-refractivity contribution >= 4 is 22.6 Å². The molecular weight excluding hydrogens is 403 g/mol. The Morgan fingerprint density at radius 1 is 1.29 bits per heavy atom. The van der Waals surface area contributed by atoms with Gasteiger partial charge < -0.3 is 24.5 Å². The third-order valence-corrected chi connectivity index (χ3v) is 5.47. The average Bonchev–Trinajstić information content (AvgIpc) is 3.52. The van der Waals surface area contributed by atoms with Crippen LogP contribution in [0.1, 0.15) is 63.4 Å². The van der Waals surface area contributed by atoms with Gasteiger partial charge in [-0.3, -0.25) is 4.79 Å². The predicted molar refractivity (Wildman–Crippen MR) is 117 cm³/mol. The van der Waals surface area contributed by atoms with Gasteiger partial charge in [0.15, 0.2) is 6.29 Å². The van der Waals surface area contributed by atoms with Crippen LogP contribution in [0.2, 0.25) is 0 Å². The van der Waals surface area contributed by atoms with Gasteiger partial charge in [0, 0.05) is 43.8 Å². The minimum Gasteiger partial charge on any atom is -0.477 e. The molecule has 1 aromatic carbocycles. The lowest BCUT2D eigenvalue weighted by Crippen LogP contribution is -2.31. The predicted octanol–water partition coefficient (Wildman–Crippen LogP) is 4.40. The summed E-state index contributed by atoms with van der Waals surface area (Å²) in [5, 5.41) is 12.6. The number of halogens is 1. The van der Waals surface area contributed by atoms with Gasteiger partial charge >= 0.3 is 5.97 Å². The maximum absolute atomic E-state index is 14.9. The standard InChI is InChI=1S/C23H31FN2O5/c1-5-30-20(31-6-2)11-23(3,4)13-25-18-10-19-15(9-17(18)24)21(27)16(22(28)29)12-26(19)14-7-8-14/h9-10,12,14,20,25H,5-8,11,13H2,1-4H3,(H,28,29). The fourth-order valence-corrected chi connectivity index (χ4v) is 3.71. The van der Waals surface area contributed by atoms with Gasteiger partial charge in [0.1, 0.15) is 11.4 Å². The maximum atomic E-state index is 14.9. The van der Waals surface area contributed by atoms with Crippen molar-refractivity contribution in [3.05, 3.63) is 39.9 Å². The van der Waals surface area contributed by atoms with E-state index in [0.717, 1.165) is 18.9 Å². The van der Waals surface area contributed by atoms with Gasteiger partial charge in [-0.1, -0.05) is 13.8 Å². The molecule has 1 aromatic heterocycles. The van der Waals surface area contributed by atoms with Crippen molar-refractivity contribution in [2.24, 2.45) is 5.41 Å². The lowest BCUT2D eigenvalue weighted by molar-refractivity contribution is -0.152. The van der Waals surface area contributed by atoms with Crippen molar-refractivity contribution in [1.82, 2.24) is 4.57 Å². The zero-order chi connectivity index (χ0) is 22.8. The number of carbonyl (C=O) groups is 1.